The number of nitrogens with one attached hydrogen (secondary N) is 2. The number of hydrogen-bond donors (Lipinski definition) is 2. The number of pyridine rings is 1. The molecule has 1 heterocycles. The molecule has 0 radical (unpaired) electrons. The molecule has 7 heteroatoms. The molecular formula is C19H19FN2O3S. The normalized spacial score (nSPS) is 11.8. The lowest BCUT2D eigenvalue weighted by Gasteiger charge is -2.09. The zero-order valence-corrected chi connectivity index (χ0v) is 15.3. The van der Waals surface area contributed by atoms with Gasteiger partial charge >= 0.3 is 0 Å². The summed E-state index contributed by atoms with van der Waals surface area (Å²) in [5.41, 5.74) is 3.09. The molecule has 2 N–H and O–H groups in total. The topological polar surface area (TPSA) is 79.0 Å². The Balaban J connectivity index is 1.80. The zero-order valence-electron chi connectivity index (χ0n) is 14.5. The van der Waals surface area contributed by atoms with Crippen molar-refractivity contribution in [2.75, 3.05) is 6.54 Å². The van der Waals surface area contributed by atoms with Crippen LogP contribution >= 0.6 is 0 Å². The molecule has 0 unspecified atom stereocenters. The molecule has 0 saturated carbocycles. The van der Waals surface area contributed by atoms with E-state index in [0.717, 1.165) is 34.2 Å². The van der Waals surface area contributed by atoms with Crippen LogP contribution in [0.2, 0.25) is 0 Å². The lowest BCUT2D eigenvalue weighted by Crippen LogP contribution is -2.27. The fourth-order valence-corrected chi connectivity index (χ4v) is 3.85. The number of fused-ring (bicyclic) bond motifs is 1. The summed E-state index contributed by atoms with van der Waals surface area (Å²) in [5, 5.41) is 0.945. The first-order valence-electron chi connectivity index (χ1n) is 8.15. The van der Waals surface area contributed by atoms with Crippen LogP contribution in [-0.4, -0.2) is 19.9 Å². The zero-order chi connectivity index (χ0) is 18.9. The van der Waals surface area contributed by atoms with Crippen molar-refractivity contribution in [1.29, 1.82) is 0 Å². The quantitative estimate of drug-likeness (QED) is 0.721. The molecule has 26 heavy (non-hydrogen) atoms. The third-order valence-corrected chi connectivity index (χ3v) is 5.81. The van der Waals surface area contributed by atoms with Crippen molar-refractivity contribution in [3.8, 4) is 0 Å². The van der Waals surface area contributed by atoms with Crippen LogP contribution in [0, 0.1) is 19.7 Å². The SMILES string of the molecule is Cc1ccc(C)c2[nH]c(=O)c(CCNS(=O)(=O)c3ccc(F)cc3)cc12. The van der Waals surface area contributed by atoms with E-state index in [4.69, 9.17) is 0 Å². The first-order valence-corrected chi connectivity index (χ1v) is 9.63. The van der Waals surface area contributed by atoms with Gasteiger partial charge in [-0.3, -0.25) is 4.79 Å². The molecular weight excluding hydrogens is 355 g/mol. The summed E-state index contributed by atoms with van der Waals surface area (Å²) in [5.74, 6) is -0.502. The van der Waals surface area contributed by atoms with Crippen molar-refractivity contribution >= 4 is 20.9 Å². The largest absolute Gasteiger partial charge is 0.321 e. The molecule has 0 aliphatic rings. The van der Waals surface area contributed by atoms with E-state index < -0.39 is 15.8 Å². The molecule has 5 nitrogen and oxygen atoms in total. The van der Waals surface area contributed by atoms with E-state index >= 15 is 0 Å². The number of sulfonamides is 1. The van der Waals surface area contributed by atoms with Gasteiger partial charge in [0.25, 0.3) is 5.56 Å². The van der Waals surface area contributed by atoms with Crippen LogP contribution in [0.15, 0.2) is 52.2 Å². The number of hydrogen-bond acceptors (Lipinski definition) is 3. The molecule has 0 amide bonds. The predicted molar refractivity (Wildman–Crippen MR) is 99.3 cm³/mol. The number of halogens is 1. The minimum Gasteiger partial charge on any atom is -0.321 e. The molecule has 136 valence electrons. The van der Waals surface area contributed by atoms with Crippen molar-refractivity contribution in [3.05, 3.63) is 75.3 Å². The second-order valence-corrected chi connectivity index (χ2v) is 7.98. The van der Waals surface area contributed by atoms with E-state index in [2.05, 4.69) is 9.71 Å². The Morgan fingerprint density at radius 1 is 1.04 bits per heavy atom. The summed E-state index contributed by atoms with van der Waals surface area (Å²) in [4.78, 5) is 15.1. The maximum atomic E-state index is 12.9. The summed E-state index contributed by atoms with van der Waals surface area (Å²) < 4.78 is 39.8. The van der Waals surface area contributed by atoms with Crippen LogP contribution in [0.1, 0.15) is 16.7 Å². The molecule has 1 aromatic heterocycles. The number of benzene rings is 2. The molecule has 0 bridgehead atoms. The van der Waals surface area contributed by atoms with Gasteiger partial charge in [-0.05, 0) is 61.7 Å². The molecule has 3 aromatic rings. The van der Waals surface area contributed by atoms with Crippen LogP contribution in [0.25, 0.3) is 10.9 Å². The average Bonchev–Trinajstić information content (AvgIpc) is 2.59. The third kappa shape index (κ3) is 3.68. The highest BCUT2D eigenvalue weighted by atomic mass is 32.2. The maximum absolute atomic E-state index is 12.9. The number of H-pyrrole nitrogens is 1. The van der Waals surface area contributed by atoms with Crippen LogP contribution in [-0.2, 0) is 16.4 Å². The van der Waals surface area contributed by atoms with Crippen LogP contribution in [0.4, 0.5) is 4.39 Å². The Morgan fingerprint density at radius 2 is 1.69 bits per heavy atom. The number of aromatic nitrogens is 1. The van der Waals surface area contributed by atoms with Crippen LogP contribution in [0.3, 0.4) is 0 Å². The smallest absolute Gasteiger partial charge is 0.251 e. The predicted octanol–water partition coefficient (Wildman–Crippen LogP) is 2.81. The Labute approximate surface area is 150 Å². The fraction of sp³-hybridized carbons (Fsp3) is 0.211. The third-order valence-electron chi connectivity index (χ3n) is 4.33. The number of rotatable bonds is 5. The number of aromatic amines is 1. The molecule has 0 fully saturated rings. The minimum atomic E-state index is -3.75. The first-order chi connectivity index (χ1) is 12.3. The summed E-state index contributed by atoms with van der Waals surface area (Å²) in [6.45, 7) is 3.95. The van der Waals surface area contributed by atoms with Gasteiger partial charge in [0.05, 0.1) is 10.4 Å². The highest BCUT2D eigenvalue weighted by molar-refractivity contribution is 7.89. The van der Waals surface area contributed by atoms with Crippen molar-refractivity contribution in [2.24, 2.45) is 0 Å². The standard InChI is InChI=1S/C19H19FN2O3S/c1-12-3-4-13(2)18-17(12)11-14(19(23)22-18)9-10-21-26(24,25)16-7-5-15(20)6-8-16/h3-8,11,21H,9-10H2,1-2H3,(H,22,23). The molecule has 0 aliphatic heterocycles. The van der Waals surface area contributed by atoms with E-state index in [9.17, 15) is 17.6 Å². The molecule has 0 atom stereocenters. The monoisotopic (exact) mass is 374 g/mol. The van der Waals surface area contributed by atoms with Crippen molar-refractivity contribution in [3.63, 3.8) is 0 Å². The van der Waals surface area contributed by atoms with Gasteiger partial charge in [0.2, 0.25) is 10.0 Å². The van der Waals surface area contributed by atoms with Gasteiger partial charge < -0.3 is 4.98 Å². The Bertz CT molecular complexity index is 1120. The van der Waals surface area contributed by atoms with Crippen LogP contribution in [0.5, 0.6) is 0 Å². The Morgan fingerprint density at radius 3 is 2.38 bits per heavy atom. The highest BCUT2D eigenvalue weighted by Gasteiger charge is 2.14. The molecule has 0 saturated heterocycles. The van der Waals surface area contributed by atoms with Gasteiger partial charge in [-0.25, -0.2) is 17.5 Å². The van der Waals surface area contributed by atoms with E-state index in [-0.39, 0.29) is 23.4 Å². The van der Waals surface area contributed by atoms with E-state index in [1.54, 1.807) is 0 Å². The molecule has 0 aliphatic carbocycles. The summed E-state index contributed by atoms with van der Waals surface area (Å²) in [6, 6.07) is 10.3. The summed E-state index contributed by atoms with van der Waals surface area (Å²) in [6.07, 6.45) is 0.249. The maximum Gasteiger partial charge on any atom is 0.251 e. The molecule has 2 aromatic carbocycles. The van der Waals surface area contributed by atoms with Gasteiger partial charge in [-0.15, -0.1) is 0 Å². The van der Waals surface area contributed by atoms with Gasteiger partial charge in [0.1, 0.15) is 5.82 Å². The minimum absolute atomic E-state index is 0.0159. The highest BCUT2D eigenvalue weighted by Crippen LogP contribution is 2.19. The van der Waals surface area contributed by atoms with E-state index in [1.165, 1.54) is 12.1 Å². The first kappa shape index (κ1) is 18.3. The Kier molecular flexibility index (Phi) is 4.93. The summed E-state index contributed by atoms with van der Waals surface area (Å²) >= 11 is 0. The lowest BCUT2D eigenvalue weighted by atomic mass is 10.0. The fourth-order valence-electron chi connectivity index (χ4n) is 2.82. The van der Waals surface area contributed by atoms with Gasteiger partial charge in [-0.2, -0.15) is 0 Å². The van der Waals surface area contributed by atoms with Crippen molar-refractivity contribution < 1.29 is 12.8 Å². The number of aryl methyl sites for hydroxylation is 2. The van der Waals surface area contributed by atoms with E-state index in [1.807, 2.05) is 32.0 Å². The van der Waals surface area contributed by atoms with E-state index in [0.29, 0.717) is 5.56 Å². The molecule has 3 rings (SSSR count). The second-order valence-electron chi connectivity index (χ2n) is 6.21. The average molecular weight is 374 g/mol. The molecule has 0 spiro atoms. The Hall–Kier alpha value is -2.51. The second kappa shape index (κ2) is 7.01. The van der Waals surface area contributed by atoms with Gasteiger partial charge in [0.15, 0.2) is 0 Å². The van der Waals surface area contributed by atoms with Gasteiger partial charge in [-0.1, -0.05) is 12.1 Å². The lowest BCUT2D eigenvalue weighted by molar-refractivity contribution is 0.580. The summed E-state index contributed by atoms with van der Waals surface area (Å²) in [7, 11) is -3.75. The van der Waals surface area contributed by atoms with Crippen molar-refractivity contribution in [2.45, 2.75) is 25.2 Å². The van der Waals surface area contributed by atoms with Crippen LogP contribution < -0.4 is 10.3 Å². The van der Waals surface area contributed by atoms with Gasteiger partial charge in [0, 0.05) is 17.5 Å². The van der Waals surface area contributed by atoms with Crippen molar-refractivity contribution in [1.82, 2.24) is 9.71 Å².